The minimum Gasteiger partial charge on any atom is -0.481 e. The van der Waals surface area contributed by atoms with E-state index >= 15 is 0 Å². The average Bonchev–Trinajstić information content (AvgIpc) is 2.86. The number of carboxylic acid groups (broad SMARTS) is 1. The normalized spacial score (nSPS) is 17.5. The molecule has 1 atom stereocenters. The lowest BCUT2D eigenvalue weighted by Gasteiger charge is -2.09. The molecule has 1 unspecified atom stereocenters. The summed E-state index contributed by atoms with van der Waals surface area (Å²) in [6.45, 7) is 0.608. The number of rotatable bonds is 6. The van der Waals surface area contributed by atoms with Gasteiger partial charge in [-0.25, -0.2) is 0 Å². The number of amides is 1. The van der Waals surface area contributed by atoms with Gasteiger partial charge in [-0.15, -0.1) is 0 Å². The van der Waals surface area contributed by atoms with E-state index in [1.165, 1.54) is 12.8 Å². The molecular weight excluding hydrogens is 184 g/mol. The van der Waals surface area contributed by atoms with Crippen LogP contribution in [0.25, 0.3) is 0 Å². The molecule has 1 rings (SSSR count). The van der Waals surface area contributed by atoms with Crippen LogP contribution in [0, 0.1) is 5.92 Å². The third kappa shape index (κ3) is 4.23. The smallest absolute Gasteiger partial charge is 0.305 e. The molecule has 0 bridgehead atoms. The van der Waals surface area contributed by atoms with E-state index in [4.69, 9.17) is 10.8 Å². The fourth-order valence-corrected chi connectivity index (χ4v) is 1.22. The molecule has 0 radical (unpaired) electrons. The summed E-state index contributed by atoms with van der Waals surface area (Å²) in [5.41, 5.74) is 5.36. The Morgan fingerprint density at radius 3 is 2.64 bits per heavy atom. The first-order valence-corrected chi connectivity index (χ1v) is 4.84. The van der Waals surface area contributed by atoms with Crippen molar-refractivity contribution >= 4 is 11.9 Å². The second-order valence-electron chi connectivity index (χ2n) is 3.73. The van der Waals surface area contributed by atoms with E-state index in [2.05, 4.69) is 5.32 Å². The van der Waals surface area contributed by atoms with Gasteiger partial charge in [-0.05, 0) is 12.3 Å². The zero-order chi connectivity index (χ0) is 10.6. The van der Waals surface area contributed by atoms with Crippen LogP contribution < -0.4 is 11.1 Å². The van der Waals surface area contributed by atoms with Crippen molar-refractivity contribution in [2.45, 2.75) is 31.7 Å². The largest absolute Gasteiger partial charge is 0.481 e. The van der Waals surface area contributed by atoms with E-state index in [1.54, 1.807) is 0 Å². The van der Waals surface area contributed by atoms with Crippen molar-refractivity contribution in [2.75, 3.05) is 6.54 Å². The predicted octanol–water partition coefficient (Wildman–Crippen LogP) is -0.295. The van der Waals surface area contributed by atoms with Crippen LogP contribution in [0.1, 0.15) is 25.7 Å². The Labute approximate surface area is 82.7 Å². The van der Waals surface area contributed by atoms with E-state index in [0.29, 0.717) is 6.54 Å². The second-order valence-corrected chi connectivity index (χ2v) is 3.73. The average molecular weight is 200 g/mol. The monoisotopic (exact) mass is 200 g/mol. The van der Waals surface area contributed by atoms with Crippen LogP contribution in [-0.2, 0) is 9.59 Å². The number of hydrogen-bond acceptors (Lipinski definition) is 3. The quantitative estimate of drug-likeness (QED) is 0.549. The Morgan fingerprint density at radius 2 is 2.14 bits per heavy atom. The number of carbonyl (C=O) groups is 2. The molecule has 5 nitrogen and oxygen atoms in total. The zero-order valence-electron chi connectivity index (χ0n) is 8.03. The molecule has 0 saturated heterocycles. The lowest BCUT2D eigenvalue weighted by atomic mass is 10.2. The molecule has 0 aromatic rings. The molecule has 5 heteroatoms. The van der Waals surface area contributed by atoms with E-state index in [1.807, 2.05) is 0 Å². The SMILES string of the molecule is NC(CC(=O)O)C(=O)NCCC1CC1. The van der Waals surface area contributed by atoms with Gasteiger partial charge in [0.05, 0.1) is 12.5 Å². The summed E-state index contributed by atoms with van der Waals surface area (Å²) in [5, 5.41) is 11.0. The third-order valence-corrected chi connectivity index (χ3v) is 2.28. The van der Waals surface area contributed by atoms with Crippen LogP contribution in [0.4, 0.5) is 0 Å². The number of aliphatic carboxylic acids is 1. The maximum Gasteiger partial charge on any atom is 0.305 e. The van der Waals surface area contributed by atoms with Gasteiger partial charge in [-0.1, -0.05) is 12.8 Å². The van der Waals surface area contributed by atoms with Crippen LogP contribution in [0.15, 0.2) is 0 Å². The fraction of sp³-hybridized carbons (Fsp3) is 0.778. The highest BCUT2D eigenvalue weighted by molar-refractivity contribution is 5.85. The third-order valence-electron chi connectivity index (χ3n) is 2.28. The van der Waals surface area contributed by atoms with Crippen LogP contribution in [0.5, 0.6) is 0 Å². The van der Waals surface area contributed by atoms with Crippen molar-refractivity contribution in [3.05, 3.63) is 0 Å². The maximum absolute atomic E-state index is 11.2. The van der Waals surface area contributed by atoms with Crippen molar-refractivity contribution in [1.29, 1.82) is 0 Å². The number of hydrogen-bond donors (Lipinski definition) is 3. The Hall–Kier alpha value is -1.10. The molecule has 0 heterocycles. The number of carbonyl (C=O) groups excluding carboxylic acids is 1. The van der Waals surface area contributed by atoms with Crippen LogP contribution in [-0.4, -0.2) is 29.6 Å². The van der Waals surface area contributed by atoms with Crippen molar-refractivity contribution in [3.63, 3.8) is 0 Å². The van der Waals surface area contributed by atoms with Gasteiger partial charge < -0.3 is 16.2 Å². The molecule has 80 valence electrons. The first kappa shape index (κ1) is 11.0. The molecule has 1 amide bonds. The predicted molar refractivity (Wildman–Crippen MR) is 50.6 cm³/mol. The van der Waals surface area contributed by atoms with Gasteiger partial charge in [0.15, 0.2) is 0 Å². The molecule has 1 fully saturated rings. The van der Waals surface area contributed by atoms with Gasteiger partial charge in [0.2, 0.25) is 5.91 Å². The Bertz CT molecular complexity index is 226. The summed E-state index contributed by atoms with van der Waals surface area (Å²) < 4.78 is 0. The highest BCUT2D eigenvalue weighted by atomic mass is 16.4. The zero-order valence-corrected chi connectivity index (χ0v) is 8.03. The topological polar surface area (TPSA) is 92.4 Å². The highest BCUT2D eigenvalue weighted by Gasteiger charge is 2.21. The van der Waals surface area contributed by atoms with E-state index in [0.717, 1.165) is 12.3 Å². The first-order valence-electron chi connectivity index (χ1n) is 4.84. The first-order chi connectivity index (χ1) is 6.59. The summed E-state index contributed by atoms with van der Waals surface area (Å²) >= 11 is 0. The summed E-state index contributed by atoms with van der Waals surface area (Å²) in [6.07, 6.45) is 3.16. The second kappa shape index (κ2) is 4.95. The summed E-state index contributed by atoms with van der Waals surface area (Å²) in [4.78, 5) is 21.4. The van der Waals surface area contributed by atoms with Crippen LogP contribution in [0.2, 0.25) is 0 Å². The van der Waals surface area contributed by atoms with Gasteiger partial charge in [0.25, 0.3) is 0 Å². The van der Waals surface area contributed by atoms with Gasteiger partial charge in [0, 0.05) is 6.54 Å². The lowest BCUT2D eigenvalue weighted by molar-refractivity contribution is -0.139. The molecule has 1 saturated carbocycles. The summed E-state index contributed by atoms with van der Waals surface area (Å²) in [7, 11) is 0. The minimum atomic E-state index is -1.05. The summed E-state index contributed by atoms with van der Waals surface area (Å²) in [6, 6.07) is -0.924. The van der Waals surface area contributed by atoms with Crippen LogP contribution >= 0.6 is 0 Å². The standard InChI is InChI=1S/C9H16N2O3/c10-7(5-8(12)13)9(14)11-4-3-6-1-2-6/h6-7H,1-5,10H2,(H,11,14)(H,12,13). The van der Waals surface area contributed by atoms with E-state index < -0.39 is 12.0 Å². The van der Waals surface area contributed by atoms with Gasteiger partial charge in [-0.2, -0.15) is 0 Å². The van der Waals surface area contributed by atoms with Gasteiger partial charge >= 0.3 is 5.97 Å². The molecule has 1 aliphatic carbocycles. The minimum absolute atomic E-state index is 0.310. The van der Waals surface area contributed by atoms with Crippen molar-refractivity contribution < 1.29 is 14.7 Å². The Balaban J connectivity index is 2.08. The van der Waals surface area contributed by atoms with Crippen molar-refractivity contribution in [2.24, 2.45) is 11.7 Å². The van der Waals surface area contributed by atoms with E-state index in [-0.39, 0.29) is 12.3 Å². The summed E-state index contributed by atoms with van der Waals surface area (Å²) in [5.74, 6) is -0.658. The van der Waals surface area contributed by atoms with Gasteiger partial charge in [-0.3, -0.25) is 9.59 Å². The Kier molecular flexibility index (Phi) is 3.88. The molecule has 0 aromatic carbocycles. The molecule has 4 N–H and O–H groups in total. The number of nitrogens with two attached hydrogens (primary N) is 1. The van der Waals surface area contributed by atoms with Crippen molar-refractivity contribution in [3.8, 4) is 0 Å². The van der Waals surface area contributed by atoms with Crippen molar-refractivity contribution in [1.82, 2.24) is 5.32 Å². The van der Waals surface area contributed by atoms with Gasteiger partial charge in [0.1, 0.15) is 0 Å². The maximum atomic E-state index is 11.2. The number of carboxylic acids is 1. The molecule has 0 aliphatic heterocycles. The van der Waals surface area contributed by atoms with E-state index in [9.17, 15) is 9.59 Å². The molecule has 1 aliphatic rings. The molecule has 0 spiro atoms. The molecule has 0 aromatic heterocycles. The lowest BCUT2D eigenvalue weighted by Crippen LogP contribution is -2.42. The number of nitrogens with one attached hydrogen (secondary N) is 1. The van der Waals surface area contributed by atoms with Crippen LogP contribution in [0.3, 0.4) is 0 Å². The highest BCUT2D eigenvalue weighted by Crippen LogP contribution is 2.31. The Morgan fingerprint density at radius 1 is 1.50 bits per heavy atom. The fourth-order valence-electron chi connectivity index (χ4n) is 1.22. The molecule has 14 heavy (non-hydrogen) atoms. The molecular formula is C9H16N2O3.